The zero-order valence-electron chi connectivity index (χ0n) is 18.4. The van der Waals surface area contributed by atoms with Crippen LogP contribution in [0.4, 0.5) is 5.69 Å². The Morgan fingerprint density at radius 3 is 2.29 bits per heavy atom. The molecule has 1 fully saturated rings. The first kappa shape index (κ1) is 23.0. The lowest BCUT2D eigenvalue weighted by molar-refractivity contribution is -0.136. The Kier molecular flexibility index (Phi) is 6.81. The molecular formula is C23H29N3O4S. The molecule has 8 heteroatoms. The summed E-state index contributed by atoms with van der Waals surface area (Å²) in [5, 5.41) is 5.19. The molecule has 0 bridgehead atoms. The molecule has 0 spiro atoms. The zero-order chi connectivity index (χ0) is 22.8. The monoisotopic (exact) mass is 443 g/mol. The SMILES string of the molecule is Cc1cc(C)c(S(=O)(=O)N2CCC[C@H]2CNC(=O)C(=O)Nc2ccccc2C)c(C)c1. The van der Waals surface area contributed by atoms with E-state index < -0.39 is 21.8 Å². The van der Waals surface area contributed by atoms with Gasteiger partial charge in [0, 0.05) is 24.8 Å². The van der Waals surface area contributed by atoms with Crippen molar-refractivity contribution in [2.45, 2.75) is 51.5 Å². The maximum absolute atomic E-state index is 13.4. The van der Waals surface area contributed by atoms with Crippen LogP contribution in [0.1, 0.15) is 35.1 Å². The molecule has 1 atom stereocenters. The van der Waals surface area contributed by atoms with E-state index in [2.05, 4.69) is 10.6 Å². The Balaban J connectivity index is 1.69. The highest BCUT2D eigenvalue weighted by molar-refractivity contribution is 7.89. The average molecular weight is 444 g/mol. The average Bonchev–Trinajstić information content (AvgIpc) is 3.16. The molecule has 1 aliphatic rings. The maximum atomic E-state index is 13.4. The van der Waals surface area contributed by atoms with Gasteiger partial charge in [-0.15, -0.1) is 0 Å². The first-order chi connectivity index (χ1) is 14.6. The van der Waals surface area contributed by atoms with E-state index in [1.807, 2.05) is 38.1 Å². The summed E-state index contributed by atoms with van der Waals surface area (Å²) in [6, 6.07) is 10.5. The number of para-hydroxylation sites is 1. The molecule has 2 aromatic carbocycles. The lowest BCUT2D eigenvalue weighted by atomic mass is 10.1. The number of sulfonamides is 1. The van der Waals surface area contributed by atoms with Crippen molar-refractivity contribution in [3.63, 3.8) is 0 Å². The molecule has 2 amide bonds. The molecule has 3 rings (SSSR count). The third kappa shape index (κ3) is 4.97. The fourth-order valence-corrected chi connectivity index (χ4v) is 6.31. The topological polar surface area (TPSA) is 95.6 Å². The number of nitrogens with one attached hydrogen (secondary N) is 2. The van der Waals surface area contributed by atoms with Gasteiger partial charge in [0.15, 0.2) is 0 Å². The summed E-state index contributed by atoms with van der Waals surface area (Å²) in [6.45, 7) is 7.86. The van der Waals surface area contributed by atoms with Gasteiger partial charge in [0.05, 0.1) is 4.90 Å². The number of amides is 2. The van der Waals surface area contributed by atoms with Crippen molar-refractivity contribution in [2.24, 2.45) is 0 Å². The molecule has 1 heterocycles. The minimum Gasteiger partial charge on any atom is -0.346 e. The summed E-state index contributed by atoms with van der Waals surface area (Å²) >= 11 is 0. The van der Waals surface area contributed by atoms with E-state index in [1.165, 1.54) is 4.31 Å². The highest BCUT2D eigenvalue weighted by Gasteiger charge is 2.37. The van der Waals surface area contributed by atoms with E-state index in [9.17, 15) is 18.0 Å². The summed E-state index contributed by atoms with van der Waals surface area (Å²) in [6.07, 6.45) is 1.34. The van der Waals surface area contributed by atoms with E-state index >= 15 is 0 Å². The van der Waals surface area contributed by atoms with E-state index in [0.717, 1.165) is 11.1 Å². The zero-order valence-corrected chi connectivity index (χ0v) is 19.2. The Labute approximate surface area is 183 Å². The van der Waals surface area contributed by atoms with Crippen molar-refractivity contribution in [2.75, 3.05) is 18.4 Å². The van der Waals surface area contributed by atoms with Gasteiger partial charge in [-0.3, -0.25) is 9.59 Å². The van der Waals surface area contributed by atoms with Crippen LogP contribution in [0.25, 0.3) is 0 Å². The van der Waals surface area contributed by atoms with Crippen molar-refractivity contribution < 1.29 is 18.0 Å². The van der Waals surface area contributed by atoms with Crippen molar-refractivity contribution in [1.29, 1.82) is 0 Å². The molecule has 0 aromatic heterocycles. The first-order valence-corrected chi connectivity index (χ1v) is 11.8. The summed E-state index contributed by atoms with van der Waals surface area (Å²) in [7, 11) is -3.71. The van der Waals surface area contributed by atoms with Gasteiger partial charge in [-0.25, -0.2) is 8.42 Å². The van der Waals surface area contributed by atoms with Crippen LogP contribution in [0.2, 0.25) is 0 Å². The van der Waals surface area contributed by atoms with E-state index in [0.29, 0.717) is 41.1 Å². The summed E-state index contributed by atoms with van der Waals surface area (Å²) in [4.78, 5) is 24.9. The predicted octanol–water partition coefficient (Wildman–Crippen LogP) is 2.83. The van der Waals surface area contributed by atoms with Crippen LogP contribution in [-0.2, 0) is 19.6 Å². The standard InChI is InChI=1S/C23H29N3O4S/c1-15-12-17(3)21(18(4)13-15)31(29,30)26-11-7-9-19(26)14-24-22(27)23(28)25-20-10-6-5-8-16(20)2/h5-6,8,10,12-13,19H,7,9,11,14H2,1-4H3,(H,24,27)(H,25,28)/t19-/m0/s1. The number of carbonyl (C=O) groups is 2. The van der Waals surface area contributed by atoms with Gasteiger partial charge in [-0.05, 0) is 63.3 Å². The van der Waals surface area contributed by atoms with Crippen molar-refractivity contribution >= 4 is 27.5 Å². The molecular weight excluding hydrogens is 414 g/mol. The number of benzene rings is 2. The highest BCUT2D eigenvalue weighted by atomic mass is 32.2. The minimum atomic E-state index is -3.71. The third-order valence-electron chi connectivity index (χ3n) is 5.59. The fraction of sp³-hybridized carbons (Fsp3) is 0.391. The van der Waals surface area contributed by atoms with Crippen LogP contribution in [0.15, 0.2) is 41.3 Å². The maximum Gasteiger partial charge on any atom is 0.313 e. The molecule has 0 aliphatic carbocycles. The van der Waals surface area contributed by atoms with Gasteiger partial charge in [0.1, 0.15) is 0 Å². The highest BCUT2D eigenvalue weighted by Crippen LogP contribution is 2.30. The number of aryl methyl sites for hydroxylation is 4. The van der Waals surface area contributed by atoms with Crippen LogP contribution >= 0.6 is 0 Å². The minimum absolute atomic E-state index is 0.0865. The summed E-state index contributed by atoms with van der Waals surface area (Å²) in [5.74, 6) is -1.55. The number of carbonyl (C=O) groups excluding carboxylic acids is 2. The molecule has 7 nitrogen and oxygen atoms in total. The quantitative estimate of drug-likeness (QED) is 0.695. The summed E-state index contributed by atoms with van der Waals surface area (Å²) < 4.78 is 28.2. The molecule has 0 radical (unpaired) electrons. The molecule has 2 N–H and O–H groups in total. The van der Waals surface area contributed by atoms with Gasteiger partial charge < -0.3 is 10.6 Å². The van der Waals surface area contributed by atoms with Crippen LogP contribution in [0.3, 0.4) is 0 Å². The number of nitrogens with zero attached hydrogens (tertiary/aromatic N) is 1. The lowest BCUT2D eigenvalue weighted by Gasteiger charge is -2.26. The van der Waals surface area contributed by atoms with Crippen molar-refractivity contribution in [3.8, 4) is 0 Å². The van der Waals surface area contributed by atoms with E-state index in [1.54, 1.807) is 26.0 Å². The Morgan fingerprint density at radius 2 is 1.65 bits per heavy atom. The Morgan fingerprint density at radius 1 is 1.00 bits per heavy atom. The van der Waals surface area contributed by atoms with Crippen molar-refractivity contribution in [3.05, 3.63) is 58.7 Å². The Bertz CT molecular complexity index is 1090. The van der Waals surface area contributed by atoms with Gasteiger partial charge in [0.25, 0.3) is 0 Å². The van der Waals surface area contributed by atoms with E-state index in [-0.39, 0.29) is 12.6 Å². The van der Waals surface area contributed by atoms with Crippen LogP contribution < -0.4 is 10.6 Å². The largest absolute Gasteiger partial charge is 0.346 e. The van der Waals surface area contributed by atoms with E-state index in [4.69, 9.17) is 0 Å². The second-order valence-electron chi connectivity index (χ2n) is 8.12. The Hall–Kier alpha value is -2.71. The normalized spacial score (nSPS) is 16.8. The smallest absolute Gasteiger partial charge is 0.313 e. The molecule has 0 saturated carbocycles. The molecule has 31 heavy (non-hydrogen) atoms. The lowest BCUT2D eigenvalue weighted by Crippen LogP contribution is -2.45. The molecule has 1 aliphatic heterocycles. The number of anilines is 1. The second-order valence-corrected chi connectivity index (χ2v) is 9.95. The predicted molar refractivity (Wildman–Crippen MR) is 120 cm³/mol. The first-order valence-electron chi connectivity index (χ1n) is 10.4. The van der Waals surface area contributed by atoms with Crippen molar-refractivity contribution in [1.82, 2.24) is 9.62 Å². The molecule has 1 saturated heterocycles. The van der Waals surface area contributed by atoms with Crippen LogP contribution in [0.5, 0.6) is 0 Å². The molecule has 0 unspecified atom stereocenters. The van der Waals surface area contributed by atoms with Gasteiger partial charge in [0.2, 0.25) is 10.0 Å². The van der Waals surface area contributed by atoms with Gasteiger partial charge in [-0.2, -0.15) is 4.31 Å². The number of hydrogen-bond donors (Lipinski definition) is 2. The fourth-order valence-electron chi connectivity index (χ4n) is 4.20. The van der Waals surface area contributed by atoms with Crippen LogP contribution in [-0.4, -0.2) is 43.7 Å². The van der Waals surface area contributed by atoms with Crippen LogP contribution in [0, 0.1) is 27.7 Å². The van der Waals surface area contributed by atoms with Gasteiger partial charge >= 0.3 is 11.8 Å². The van der Waals surface area contributed by atoms with Gasteiger partial charge in [-0.1, -0.05) is 35.9 Å². The number of rotatable bonds is 5. The second kappa shape index (κ2) is 9.20. The molecule has 166 valence electrons. The summed E-state index contributed by atoms with van der Waals surface area (Å²) in [5.41, 5.74) is 3.85. The molecule has 2 aromatic rings. The third-order valence-corrected chi connectivity index (χ3v) is 7.85. The number of hydrogen-bond acceptors (Lipinski definition) is 4.